The van der Waals surface area contributed by atoms with Gasteiger partial charge in [0.05, 0.1) is 0 Å². The summed E-state index contributed by atoms with van der Waals surface area (Å²) >= 11 is 0. The Morgan fingerprint density at radius 2 is 2.13 bits per heavy atom. The fraction of sp³-hybridized carbons (Fsp3) is 0.900. The third-order valence-electron chi connectivity index (χ3n) is 1.86. The van der Waals surface area contributed by atoms with Gasteiger partial charge in [-0.15, -0.1) is 0 Å². The van der Waals surface area contributed by atoms with Crippen LogP contribution in [0.3, 0.4) is 0 Å². The van der Waals surface area contributed by atoms with Gasteiger partial charge in [0.25, 0.3) is 0 Å². The fourth-order valence-electron chi connectivity index (χ4n) is 1.26. The van der Waals surface area contributed by atoms with Gasteiger partial charge in [0.15, 0.2) is 0 Å². The van der Waals surface area contributed by atoms with E-state index in [2.05, 4.69) is 5.43 Å². The summed E-state index contributed by atoms with van der Waals surface area (Å²) in [5.41, 5.74) is 2.20. The molecule has 1 rings (SSSR count). The van der Waals surface area contributed by atoms with E-state index < -0.39 is 11.7 Å². The third-order valence-corrected chi connectivity index (χ3v) is 1.86. The highest BCUT2D eigenvalue weighted by atomic mass is 16.6. The molecule has 0 bridgehead atoms. The minimum absolute atomic E-state index is 0.423. The maximum atomic E-state index is 11.4. The van der Waals surface area contributed by atoms with Gasteiger partial charge in [-0.1, -0.05) is 0 Å². The van der Waals surface area contributed by atoms with Crippen LogP contribution < -0.4 is 5.43 Å². The summed E-state index contributed by atoms with van der Waals surface area (Å²) in [5, 5.41) is 1.74. The second-order valence-corrected chi connectivity index (χ2v) is 4.62. The van der Waals surface area contributed by atoms with Crippen LogP contribution in [0.5, 0.6) is 0 Å². The highest BCUT2D eigenvalue weighted by Gasteiger charge is 2.18. The first kappa shape index (κ1) is 12.3. The van der Waals surface area contributed by atoms with Crippen molar-refractivity contribution < 1.29 is 14.3 Å². The van der Waals surface area contributed by atoms with E-state index in [0.29, 0.717) is 6.73 Å². The Morgan fingerprint density at radius 1 is 1.40 bits per heavy atom. The zero-order chi connectivity index (χ0) is 11.3. The van der Waals surface area contributed by atoms with Crippen LogP contribution in [0.1, 0.15) is 33.6 Å². The van der Waals surface area contributed by atoms with Crippen LogP contribution in [0.4, 0.5) is 4.79 Å². The standard InChI is InChI=1S/C10H20N2O3/c1-10(2,3)15-9(13)11-12-6-4-5-7-14-8-12/h4-8H2,1-3H3,(H,11,13). The van der Waals surface area contributed by atoms with E-state index in [9.17, 15) is 4.79 Å². The van der Waals surface area contributed by atoms with E-state index in [-0.39, 0.29) is 0 Å². The summed E-state index contributed by atoms with van der Waals surface area (Å²) in [6.45, 7) is 7.51. The first-order chi connectivity index (χ1) is 6.97. The summed E-state index contributed by atoms with van der Waals surface area (Å²) in [4.78, 5) is 11.4. The number of nitrogens with zero attached hydrogens (tertiary/aromatic N) is 1. The van der Waals surface area contributed by atoms with Crippen LogP contribution in [0.2, 0.25) is 0 Å². The molecule has 1 heterocycles. The number of carbonyl (C=O) groups excluding carboxylic acids is 1. The van der Waals surface area contributed by atoms with Crippen molar-refractivity contribution in [3.05, 3.63) is 0 Å². The summed E-state index contributed by atoms with van der Waals surface area (Å²) in [6, 6.07) is 0. The number of hydrogen-bond donors (Lipinski definition) is 1. The summed E-state index contributed by atoms with van der Waals surface area (Å²) in [6.07, 6.45) is 1.63. The number of rotatable bonds is 1. The molecule has 1 saturated heterocycles. The quantitative estimate of drug-likeness (QED) is 0.721. The molecule has 15 heavy (non-hydrogen) atoms. The minimum atomic E-state index is -0.462. The molecule has 0 aromatic carbocycles. The zero-order valence-corrected chi connectivity index (χ0v) is 9.71. The molecule has 0 atom stereocenters. The number of ether oxygens (including phenoxy) is 2. The van der Waals surface area contributed by atoms with Gasteiger partial charge in [-0.25, -0.2) is 4.79 Å². The maximum absolute atomic E-state index is 11.4. The summed E-state index contributed by atoms with van der Waals surface area (Å²) in [5.74, 6) is 0. The number of hydrogen-bond acceptors (Lipinski definition) is 4. The van der Waals surface area contributed by atoms with E-state index in [0.717, 1.165) is 26.0 Å². The van der Waals surface area contributed by atoms with Gasteiger partial charge in [-0.05, 0) is 33.6 Å². The second-order valence-electron chi connectivity index (χ2n) is 4.62. The van der Waals surface area contributed by atoms with Gasteiger partial charge in [-0.3, -0.25) is 5.43 Å². The smallest absolute Gasteiger partial charge is 0.422 e. The van der Waals surface area contributed by atoms with Crippen LogP contribution in [0.15, 0.2) is 0 Å². The lowest BCUT2D eigenvalue weighted by Crippen LogP contribution is -2.45. The van der Waals surface area contributed by atoms with Crippen molar-refractivity contribution in [2.45, 2.75) is 39.2 Å². The number of carbonyl (C=O) groups is 1. The Kier molecular flexibility index (Phi) is 4.35. The lowest BCUT2D eigenvalue weighted by Gasteiger charge is -2.24. The molecule has 0 saturated carbocycles. The lowest BCUT2D eigenvalue weighted by molar-refractivity contribution is -0.00349. The molecule has 5 heteroatoms. The first-order valence-electron chi connectivity index (χ1n) is 5.30. The monoisotopic (exact) mass is 216 g/mol. The second kappa shape index (κ2) is 5.32. The Morgan fingerprint density at radius 3 is 2.80 bits per heavy atom. The topological polar surface area (TPSA) is 50.8 Å². The zero-order valence-electron chi connectivity index (χ0n) is 9.71. The molecule has 0 aliphatic carbocycles. The predicted molar refractivity (Wildman–Crippen MR) is 56.1 cm³/mol. The van der Waals surface area contributed by atoms with Gasteiger partial charge in [-0.2, -0.15) is 5.01 Å². The van der Waals surface area contributed by atoms with Crippen molar-refractivity contribution in [2.75, 3.05) is 19.9 Å². The molecule has 1 N–H and O–H groups in total. The average Bonchev–Trinajstić information content (AvgIpc) is 2.28. The van der Waals surface area contributed by atoms with Crippen molar-refractivity contribution in [1.29, 1.82) is 0 Å². The van der Waals surface area contributed by atoms with Crippen molar-refractivity contribution in [2.24, 2.45) is 0 Å². The minimum Gasteiger partial charge on any atom is -0.443 e. The molecule has 0 spiro atoms. The molecular formula is C10H20N2O3. The van der Waals surface area contributed by atoms with Gasteiger partial charge in [0, 0.05) is 13.2 Å². The third kappa shape index (κ3) is 5.59. The van der Waals surface area contributed by atoms with Crippen LogP contribution in [-0.2, 0) is 9.47 Å². The van der Waals surface area contributed by atoms with E-state index in [1.807, 2.05) is 20.8 Å². The van der Waals surface area contributed by atoms with Gasteiger partial charge in [0.1, 0.15) is 12.3 Å². The van der Waals surface area contributed by atoms with E-state index in [1.54, 1.807) is 5.01 Å². The average molecular weight is 216 g/mol. The Balaban J connectivity index is 2.30. The molecule has 0 unspecified atom stereocenters. The fourth-order valence-corrected chi connectivity index (χ4v) is 1.26. The summed E-state index contributed by atoms with van der Waals surface area (Å²) < 4.78 is 10.4. The van der Waals surface area contributed by atoms with Gasteiger partial charge >= 0.3 is 6.09 Å². The lowest BCUT2D eigenvalue weighted by atomic mass is 10.2. The van der Waals surface area contributed by atoms with E-state index in [1.165, 1.54) is 0 Å². The molecule has 1 amide bonds. The molecule has 0 aromatic heterocycles. The highest BCUT2D eigenvalue weighted by Crippen LogP contribution is 2.07. The van der Waals surface area contributed by atoms with Crippen molar-refractivity contribution in [1.82, 2.24) is 10.4 Å². The van der Waals surface area contributed by atoms with E-state index >= 15 is 0 Å². The van der Waals surface area contributed by atoms with Gasteiger partial charge < -0.3 is 9.47 Å². The largest absolute Gasteiger partial charge is 0.443 e. The molecule has 0 aromatic rings. The number of amides is 1. The van der Waals surface area contributed by atoms with Crippen LogP contribution in [0, 0.1) is 0 Å². The molecular weight excluding hydrogens is 196 g/mol. The Hall–Kier alpha value is -0.810. The molecule has 1 fully saturated rings. The van der Waals surface area contributed by atoms with Gasteiger partial charge in [0.2, 0.25) is 0 Å². The van der Waals surface area contributed by atoms with Crippen molar-refractivity contribution >= 4 is 6.09 Å². The number of nitrogens with one attached hydrogen (secondary N) is 1. The molecule has 1 aliphatic rings. The van der Waals surface area contributed by atoms with Crippen molar-refractivity contribution in [3.63, 3.8) is 0 Å². The Labute approximate surface area is 90.7 Å². The molecule has 88 valence electrons. The maximum Gasteiger partial charge on any atom is 0.422 e. The SMILES string of the molecule is CC(C)(C)OC(=O)NN1CCCCOC1. The summed E-state index contributed by atoms with van der Waals surface area (Å²) in [7, 11) is 0. The van der Waals surface area contributed by atoms with Crippen LogP contribution in [0.25, 0.3) is 0 Å². The van der Waals surface area contributed by atoms with Crippen LogP contribution in [-0.4, -0.2) is 36.6 Å². The Bertz CT molecular complexity index is 205. The first-order valence-corrected chi connectivity index (χ1v) is 5.30. The van der Waals surface area contributed by atoms with Crippen molar-refractivity contribution in [3.8, 4) is 0 Å². The van der Waals surface area contributed by atoms with E-state index in [4.69, 9.17) is 9.47 Å². The normalized spacial score (nSPS) is 19.4. The molecule has 0 radical (unpaired) electrons. The molecule has 5 nitrogen and oxygen atoms in total. The molecule has 1 aliphatic heterocycles. The predicted octanol–water partition coefficient (Wildman–Crippen LogP) is 1.50. The van der Waals surface area contributed by atoms with Crippen LogP contribution >= 0.6 is 0 Å². The highest BCUT2D eigenvalue weighted by molar-refractivity contribution is 5.66. The number of hydrazine groups is 1.